The van der Waals surface area contributed by atoms with Gasteiger partial charge in [0.1, 0.15) is 0 Å². The van der Waals surface area contributed by atoms with Gasteiger partial charge in [0.15, 0.2) is 0 Å². The van der Waals surface area contributed by atoms with Crippen LogP contribution in [0.5, 0.6) is 0 Å². The maximum absolute atomic E-state index is 4.24. The molecule has 0 bridgehead atoms. The first-order valence-corrected chi connectivity index (χ1v) is 5.63. The Morgan fingerprint density at radius 3 is 2.64 bits per heavy atom. The second-order valence-corrected chi connectivity index (χ2v) is 4.54. The molecule has 1 aromatic heterocycles. The zero-order chi connectivity index (χ0) is 9.97. The monoisotopic (exact) mass is 310 g/mol. The molecule has 69 valence electrons. The quantitative estimate of drug-likeness (QED) is 0.773. The number of halogens is 2. The molecular weight excluding hydrogens is 306 g/mol. The maximum atomic E-state index is 4.24. The number of benzene rings is 1. The summed E-state index contributed by atoms with van der Waals surface area (Å²) in [4.78, 5) is 4.24. The maximum Gasteiger partial charge on any atom is 0.0713 e. The van der Waals surface area contributed by atoms with Crippen molar-refractivity contribution in [2.75, 3.05) is 0 Å². The van der Waals surface area contributed by atoms with Gasteiger partial charge in [-0.05, 0) is 18.2 Å². The molecule has 0 spiro atoms. The highest BCUT2D eigenvalue weighted by molar-refractivity contribution is 9.11. The first-order valence-electron chi connectivity index (χ1n) is 4.05. The Balaban J connectivity index is 2.53. The van der Waals surface area contributed by atoms with E-state index < -0.39 is 0 Å². The molecule has 0 saturated carbocycles. The molecule has 2 rings (SSSR count). The van der Waals surface area contributed by atoms with Gasteiger partial charge in [0.05, 0.1) is 5.69 Å². The van der Waals surface area contributed by atoms with E-state index in [4.69, 9.17) is 0 Å². The topological polar surface area (TPSA) is 12.9 Å². The molecule has 14 heavy (non-hydrogen) atoms. The predicted molar refractivity (Wildman–Crippen MR) is 63.9 cm³/mol. The van der Waals surface area contributed by atoms with Gasteiger partial charge in [0.25, 0.3) is 0 Å². The second-order valence-electron chi connectivity index (χ2n) is 2.77. The number of hydrogen-bond donors (Lipinski definition) is 0. The molecule has 0 atom stereocenters. The second kappa shape index (κ2) is 4.24. The zero-order valence-electron chi connectivity index (χ0n) is 7.17. The van der Waals surface area contributed by atoms with Crippen molar-refractivity contribution in [3.05, 3.63) is 51.5 Å². The average molecular weight is 312 g/mol. The predicted octanol–water partition coefficient (Wildman–Crippen LogP) is 4.07. The summed E-state index contributed by atoms with van der Waals surface area (Å²) < 4.78 is 2.08. The highest BCUT2D eigenvalue weighted by Gasteiger charge is 2.03. The summed E-state index contributed by atoms with van der Waals surface area (Å²) in [5.74, 6) is 0. The molecule has 1 nitrogen and oxygen atoms in total. The van der Waals surface area contributed by atoms with Gasteiger partial charge in [-0.1, -0.05) is 44.0 Å². The summed E-state index contributed by atoms with van der Waals surface area (Å²) in [6, 6.07) is 12.7. The third-order valence-corrected chi connectivity index (χ3v) is 2.97. The number of hydrogen-bond acceptors (Lipinski definition) is 1. The number of pyridine rings is 1. The van der Waals surface area contributed by atoms with Gasteiger partial charge in [-0.2, -0.15) is 0 Å². The highest BCUT2D eigenvalue weighted by atomic mass is 79.9. The van der Waals surface area contributed by atoms with Crippen LogP contribution < -0.4 is 0 Å². The van der Waals surface area contributed by atoms with Gasteiger partial charge in [-0.15, -0.1) is 0 Å². The van der Waals surface area contributed by atoms with E-state index >= 15 is 0 Å². The van der Waals surface area contributed by atoms with Crippen molar-refractivity contribution in [1.82, 2.24) is 4.98 Å². The van der Waals surface area contributed by atoms with Crippen molar-refractivity contribution >= 4 is 31.9 Å². The Morgan fingerprint density at radius 2 is 2.00 bits per heavy atom. The Hall–Kier alpha value is -0.670. The van der Waals surface area contributed by atoms with Crippen LogP contribution in [-0.2, 0) is 0 Å². The molecule has 0 aliphatic heterocycles. The van der Waals surface area contributed by atoms with Crippen molar-refractivity contribution in [2.45, 2.75) is 0 Å². The summed E-state index contributed by atoms with van der Waals surface area (Å²) in [5.41, 5.74) is 2.03. The smallest absolute Gasteiger partial charge is 0.0713 e. The standard InChI is InChI=1S/C11H6Br2N/c12-8-4-5-9(10(13)7-8)11-3-1-2-6-14-11/h1,3-7H. The van der Waals surface area contributed by atoms with Crippen LogP contribution in [0.3, 0.4) is 0 Å². The fraction of sp³-hybridized carbons (Fsp3) is 0. The van der Waals surface area contributed by atoms with Crippen LogP contribution in [0.25, 0.3) is 11.3 Å². The van der Waals surface area contributed by atoms with Gasteiger partial charge in [0.2, 0.25) is 0 Å². The zero-order valence-corrected chi connectivity index (χ0v) is 10.3. The minimum atomic E-state index is 0.947. The third-order valence-electron chi connectivity index (χ3n) is 1.82. The van der Waals surface area contributed by atoms with Gasteiger partial charge in [-0.3, -0.25) is 4.98 Å². The number of rotatable bonds is 1. The normalized spacial score (nSPS) is 10.1. The van der Waals surface area contributed by atoms with Crippen LogP contribution >= 0.6 is 31.9 Å². The van der Waals surface area contributed by atoms with E-state index in [0.717, 1.165) is 20.2 Å². The van der Waals surface area contributed by atoms with Crippen LogP contribution in [-0.4, -0.2) is 4.98 Å². The van der Waals surface area contributed by atoms with Crippen molar-refractivity contribution in [3.8, 4) is 11.3 Å². The van der Waals surface area contributed by atoms with Crippen molar-refractivity contribution in [2.24, 2.45) is 0 Å². The summed E-state index contributed by atoms with van der Waals surface area (Å²) >= 11 is 6.92. The first kappa shape index (κ1) is 9.87. The summed E-state index contributed by atoms with van der Waals surface area (Å²) in [6.07, 6.45) is 1.67. The molecule has 0 N–H and O–H groups in total. The molecule has 0 fully saturated rings. The number of nitrogens with zero attached hydrogens (tertiary/aromatic N) is 1. The van der Waals surface area contributed by atoms with E-state index in [9.17, 15) is 0 Å². The van der Waals surface area contributed by atoms with Gasteiger partial charge < -0.3 is 0 Å². The first-order chi connectivity index (χ1) is 6.77. The molecule has 1 radical (unpaired) electrons. The van der Waals surface area contributed by atoms with E-state index in [1.165, 1.54) is 0 Å². The lowest BCUT2D eigenvalue weighted by molar-refractivity contribution is 1.31. The average Bonchev–Trinajstić information content (AvgIpc) is 2.19. The van der Waals surface area contributed by atoms with E-state index in [2.05, 4.69) is 42.9 Å². The Kier molecular flexibility index (Phi) is 2.99. The molecule has 2 aromatic rings. The van der Waals surface area contributed by atoms with Gasteiger partial charge in [-0.25, -0.2) is 0 Å². The molecule has 3 heteroatoms. The summed E-state index contributed by atoms with van der Waals surface area (Å²) in [7, 11) is 0. The Morgan fingerprint density at radius 1 is 1.14 bits per heavy atom. The molecule has 0 aliphatic rings. The molecule has 0 aliphatic carbocycles. The lowest BCUT2D eigenvalue weighted by atomic mass is 10.1. The van der Waals surface area contributed by atoms with E-state index in [0.29, 0.717) is 0 Å². The van der Waals surface area contributed by atoms with Gasteiger partial charge in [0, 0.05) is 26.8 Å². The molecular formula is C11H6Br2N. The van der Waals surface area contributed by atoms with E-state index in [1.54, 1.807) is 6.20 Å². The molecule has 1 aromatic carbocycles. The molecule has 0 amide bonds. The largest absolute Gasteiger partial charge is 0.256 e. The minimum absolute atomic E-state index is 0.947. The van der Waals surface area contributed by atoms with E-state index in [-0.39, 0.29) is 0 Å². The fourth-order valence-corrected chi connectivity index (χ4v) is 2.43. The molecule has 0 saturated heterocycles. The van der Waals surface area contributed by atoms with Crippen molar-refractivity contribution < 1.29 is 0 Å². The highest BCUT2D eigenvalue weighted by Crippen LogP contribution is 2.29. The fourth-order valence-electron chi connectivity index (χ4n) is 1.18. The van der Waals surface area contributed by atoms with Gasteiger partial charge >= 0.3 is 0 Å². The lowest BCUT2D eigenvalue weighted by Crippen LogP contribution is -1.83. The Bertz CT molecular complexity index is 440. The van der Waals surface area contributed by atoms with Crippen LogP contribution in [0.4, 0.5) is 0 Å². The molecule has 1 heterocycles. The van der Waals surface area contributed by atoms with Crippen LogP contribution in [0.2, 0.25) is 0 Å². The lowest BCUT2D eigenvalue weighted by Gasteiger charge is -2.03. The van der Waals surface area contributed by atoms with Crippen LogP contribution in [0.15, 0.2) is 45.5 Å². The SMILES string of the molecule is Brc1ccc(-c2cc[c]cn2)c(Br)c1. The minimum Gasteiger partial charge on any atom is -0.256 e. The van der Waals surface area contributed by atoms with Crippen molar-refractivity contribution in [3.63, 3.8) is 0 Å². The van der Waals surface area contributed by atoms with Crippen molar-refractivity contribution in [1.29, 1.82) is 0 Å². The summed E-state index contributed by atoms with van der Waals surface area (Å²) in [6.45, 7) is 0. The van der Waals surface area contributed by atoms with Crippen LogP contribution in [0, 0.1) is 6.07 Å². The van der Waals surface area contributed by atoms with Crippen LogP contribution in [0.1, 0.15) is 0 Å². The third kappa shape index (κ3) is 2.04. The Labute approximate surface area is 99.4 Å². The number of aromatic nitrogens is 1. The summed E-state index contributed by atoms with van der Waals surface area (Å²) in [5, 5.41) is 0. The molecule has 0 unspecified atom stereocenters. The van der Waals surface area contributed by atoms with E-state index in [1.807, 2.05) is 30.3 Å².